The average molecular weight is 232 g/mol. The molecule has 0 saturated heterocycles. The summed E-state index contributed by atoms with van der Waals surface area (Å²) >= 11 is 11.8. The molecule has 0 unspecified atom stereocenters. The van der Waals surface area contributed by atoms with Crippen LogP contribution in [0.1, 0.15) is 25.3 Å². The molecule has 0 amide bonds. The standard InChI is InChI=1S/C11H15Cl2N/c1-2-3-4-14-8-9-5-10(12)7-11(13)6-9/h5-7,14H,2-4,8H2,1H3. The molecular weight excluding hydrogens is 217 g/mol. The van der Waals surface area contributed by atoms with Gasteiger partial charge >= 0.3 is 0 Å². The van der Waals surface area contributed by atoms with Gasteiger partial charge in [-0.2, -0.15) is 0 Å². The molecule has 0 aliphatic carbocycles. The van der Waals surface area contributed by atoms with Crippen LogP contribution in [-0.4, -0.2) is 6.54 Å². The molecule has 0 saturated carbocycles. The second kappa shape index (κ2) is 6.28. The molecule has 14 heavy (non-hydrogen) atoms. The summed E-state index contributed by atoms with van der Waals surface area (Å²) in [7, 11) is 0. The van der Waals surface area contributed by atoms with Crippen LogP contribution < -0.4 is 5.32 Å². The summed E-state index contributed by atoms with van der Waals surface area (Å²) in [6.45, 7) is 4.05. The van der Waals surface area contributed by atoms with Crippen LogP contribution in [-0.2, 0) is 6.54 Å². The van der Waals surface area contributed by atoms with Crippen LogP contribution in [0.5, 0.6) is 0 Å². The molecule has 1 aromatic rings. The van der Waals surface area contributed by atoms with Crippen molar-refractivity contribution in [3.63, 3.8) is 0 Å². The Labute approximate surface area is 95.4 Å². The summed E-state index contributed by atoms with van der Waals surface area (Å²) < 4.78 is 0. The van der Waals surface area contributed by atoms with E-state index in [4.69, 9.17) is 23.2 Å². The van der Waals surface area contributed by atoms with Crippen LogP contribution in [0.4, 0.5) is 0 Å². The number of rotatable bonds is 5. The highest BCUT2D eigenvalue weighted by Gasteiger charge is 1.97. The van der Waals surface area contributed by atoms with E-state index in [-0.39, 0.29) is 0 Å². The molecule has 1 nitrogen and oxygen atoms in total. The van der Waals surface area contributed by atoms with Crippen LogP contribution in [0.3, 0.4) is 0 Å². The molecule has 0 fully saturated rings. The van der Waals surface area contributed by atoms with Crippen molar-refractivity contribution in [1.29, 1.82) is 0 Å². The first-order chi connectivity index (χ1) is 6.72. The molecule has 0 atom stereocenters. The van der Waals surface area contributed by atoms with Gasteiger partial charge in [0.2, 0.25) is 0 Å². The highest BCUT2D eigenvalue weighted by Crippen LogP contribution is 2.18. The van der Waals surface area contributed by atoms with Gasteiger partial charge in [0.25, 0.3) is 0 Å². The van der Waals surface area contributed by atoms with Crippen molar-refractivity contribution in [2.75, 3.05) is 6.54 Å². The normalized spacial score (nSPS) is 10.5. The van der Waals surface area contributed by atoms with Crippen molar-refractivity contribution in [1.82, 2.24) is 5.32 Å². The lowest BCUT2D eigenvalue weighted by molar-refractivity contribution is 0.641. The van der Waals surface area contributed by atoms with E-state index in [0.717, 1.165) is 18.7 Å². The lowest BCUT2D eigenvalue weighted by atomic mass is 10.2. The Hall–Kier alpha value is -0.240. The van der Waals surface area contributed by atoms with E-state index < -0.39 is 0 Å². The first-order valence-corrected chi connectivity index (χ1v) is 5.63. The maximum atomic E-state index is 5.88. The largest absolute Gasteiger partial charge is 0.313 e. The Balaban J connectivity index is 2.42. The van der Waals surface area contributed by atoms with Crippen LogP contribution in [0.25, 0.3) is 0 Å². The van der Waals surface area contributed by atoms with E-state index in [1.165, 1.54) is 12.8 Å². The number of unbranched alkanes of at least 4 members (excludes halogenated alkanes) is 1. The number of halogens is 2. The molecule has 78 valence electrons. The van der Waals surface area contributed by atoms with Gasteiger partial charge in [0, 0.05) is 16.6 Å². The predicted molar refractivity (Wildman–Crippen MR) is 63.1 cm³/mol. The third-order valence-electron chi connectivity index (χ3n) is 1.96. The molecule has 1 rings (SSSR count). The quantitative estimate of drug-likeness (QED) is 0.759. The van der Waals surface area contributed by atoms with E-state index >= 15 is 0 Å². The maximum Gasteiger partial charge on any atom is 0.0424 e. The van der Waals surface area contributed by atoms with E-state index in [1.54, 1.807) is 6.07 Å². The Bertz CT molecular complexity index is 266. The Morgan fingerprint density at radius 3 is 2.36 bits per heavy atom. The summed E-state index contributed by atoms with van der Waals surface area (Å²) in [6, 6.07) is 5.62. The monoisotopic (exact) mass is 231 g/mol. The van der Waals surface area contributed by atoms with Crippen LogP contribution in [0.15, 0.2) is 18.2 Å². The van der Waals surface area contributed by atoms with Crippen molar-refractivity contribution in [2.24, 2.45) is 0 Å². The molecular formula is C11H15Cl2N. The number of hydrogen-bond acceptors (Lipinski definition) is 1. The van der Waals surface area contributed by atoms with E-state index in [2.05, 4.69) is 12.2 Å². The number of benzene rings is 1. The van der Waals surface area contributed by atoms with Crippen molar-refractivity contribution < 1.29 is 0 Å². The van der Waals surface area contributed by atoms with E-state index in [1.807, 2.05) is 12.1 Å². The van der Waals surface area contributed by atoms with Gasteiger partial charge in [-0.05, 0) is 36.7 Å². The minimum absolute atomic E-state index is 0.699. The lowest BCUT2D eigenvalue weighted by Crippen LogP contribution is -2.14. The van der Waals surface area contributed by atoms with Gasteiger partial charge in [-0.15, -0.1) is 0 Å². The second-order valence-electron chi connectivity index (χ2n) is 3.31. The third-order valence-corrected chi connectivity index (χ3v) is 2.40. The molecule has 0 spiro atoms. The predicted octanol–water partition coefficient (Wildman–Crippen LogP) is 3.88. The van der Waals surface area contributed by atoms with Crippen molar-refractivity contribution in [2.45, 2.75) is 26.3 Å². The van der Waals surface area contributed by atoms with Gasteiger partial charge in [-0.3, -0.25) is 0 Å². The molecule has 1 N–H and O–H groups in total. The fourth-order valence-corrected chi connectivity index (χ4v) is 1.82. The molecule has 3 heteroatoms. The highest BCUT2D eigenvalue weighted by molar-refractivity contribution is 6.34. The topological polar surface area (TPSA) is 12.0 Å². The Morgan fingerprint density at radius 1 is 1.14 bits per heavy atom. The summed E-state index contributed by atoms with van der Waals surface area (Å²) in [6.07, 6.45) is 2.41. The first kappa shape index (κ1) is 11.8. The van der Waals surface area contributed by atoms with Gasteiger partial charge in [-0.1, -0.05) is 36.5 Å². The molecule has 0 aromatic heterocycles. The van der Waals surface area contributed by atoms with Gasteiger partial charge in [0.15, 0.2) is 0 Å². The summed E-state index contributed by atoms with van der Waals surface area (Å²) in [4.78, 5) is 0. The molecule has 0 aliphatic rings. The zero-order chi connectivity index (χ0) is 10.4. The van der Waals surface area contributed by atoms with Crippen LogP contribution in [0.2, 0.25) is 10.0 Å². The molecule has 0 heterocycles. The van der Waals surface area contributed by atoms with Crippen molar-refractivity contribution in [3.8, 4) is 0 Å². The van der Waals surface area contributed by atoms with Gasteiger partial charge < -0.3 is 5.32 Å². The molecule has 1 aromatic carbocycles. The smallest absolute Gasteiger partial charge is 0.0424 e. The fraction of sp³-hybridized carbons (Fsp3) is 0.455. The van der Waals surface area contributed by atoms with Crippen molar-refractivity contribution >= 4 is 23.2 Å². The van der Waals surface area contributed by atoms with Gasteiger partial charge in [0.1, 0.15) is 0 Å². The van der Waals surface area contributed by atoms with Crippen LogP contribution in [0, 0.1) is 0 Å². The number of hydrogen-bond donors (Lipinski definition) is 1. The Kier molecular flexibility index (Phi) is 5.31. The highest BCUT2D eigenvalue weighted by atomic mass is 35.5. The maximum absolute atomic E-state index is 5.88. The van der Waals surface area contributed by atoms with Gasteiger partial charge in [-0.25, -0.2) is 0 Å². The zero-order valence-corrected chi connectivity index (χ0v) is 9.83. The summed E-state index contributed by atoms with van der Waals surface area (Å²) in [5.41, 5.74) is 1.14. The first-order valence-electron chi connectivity index (χ1n) is 4.88. The average Bonchev–Trinajstić information content (AvgIpc) is 2.11. The zero-order valence-electron chi connectivity index (χ0n) is 8.32. The van der Waals surface area contributed by atoms with E-state index in [9.17, 15) is 0 Å². The van der Waals surface area contributed by atoms with E-state index in [0.29, 0.717) is 10.0 Å². The van der Waals surface area contributed by atoms with Gasteiger partial charge in [0.05, 0.1) is 0 Å². The molecule has 0 radical (unpaired) electrons. The third kappa shape index (κ3) is 4.32. The summed E-state index contributed by atoms with van der Waals surface area (Å²) in [5, 5.41) is 4.74. The van der Waals surface area contributed by atoms with Crippen molar-refractivity contribution in [3.05, 3.63) is 33.8 Å². The van der Waals surface area contributed by atoms with Crippen LogP contribution >= 0.6 is 23.2 Å². The summed E-state index contributed by atoms with van der Waals surface area (Å²) in [5.74, 6) is 0. The SMILES string of the molecule is CCCCNCc1cc(Cl)cc(Cl)c1. The number of nitrogens with one attached hydrogen (secondary N) is 1. The lowest BCUT2D eigenvalue weighted by Gasteiger charge is -2.05. The second-order valence-corrected chi connectivity index (χ2v) is 4.18. The molecule has 0 aliphatic heterocycles. The Morgan fingerprint density at radius 2 is 1.79 bits per heavy atom. The minimum atomic E-state index is 0.699. The minimum Gasteiger partial charge on any atom is -0.313 e. The molecule has 0 bridgehead atoms. The fourth-order valence-electron chi connectivity index (χ4n) is 1.25.